The van der Waals surface area contributed by atoms with E-state index in [1.807, 2.05) is 6.07 Å². The van der Waals surface area contributed by atoms with Gasteiger partial charge in [0.1, 0.15) is 6.04 Å². The third-order valence-electron chi connectivity index (χ3n) is 5.32. The number of anilines is 1. The molecule has 3 heterocycles. The largest absolute Gasteiger partial charge is 0.324 e. The highest BCUT2D eigenvalue weighted by Crippen LogP contribution is 2.28. The second-order valence-corrected chi connectivity index (χ2v) is 8.63. The van der Waals surface area contributed by atoms with Crippen LogP contribution in [0.5, 0.6) is 0 Å². The fourth-order valence-electron chi connectivity index (χ4n) is 3.79. The molecule has 2 amide bonds. The van der Waals surface area contributed by atoms with Crippen LogP contribution in [0.4, 0.5) is 5.69 Å². The van der Waals surface area contributed by atoms with Gasteiger partial charge in [0, 0.05) is 53.5 Å². The summed E-state index contributed by atoms with van der Waals surface area (Å²) in [7, 11) is 0. The molecule has 27 heavy (non-hydrogen) atoms. The summed E-state index contributed by atoms with van der Waals surface area (Å²) in [6.07, 6.45) is 2.51. The lowest BCUT2D eigenvalue weighted by Crippen LogP contribution is -2.59. The van der Waals surface area contributed by atoms with Crippen molar-refractivity contribution in [3.8, 4) is 0 Å². The summed E-state index contributed by atoms with van der Waals surface area (Å²) in [5.74, 6) is 0.0369. The molecule has 1 N–H and O–H groups in total. The smallest absolute Gasteiger partial charge is 0.256 e. The van der Waals surface area contributed by atoms with E-state index in [9.17, 15) is 9.59 Å². The molecule has 1 saturated heterocycles. The second-order valence-electron chi connectivity index (χ2n) is 7.23. The molecule has 3 aliphatic rings. The van der Waals surface area contributed by atoms with E-state index in [-0.39, 0.29) is 17.7 Å². The number of nitrogens with zero attached hydrogens (tertiary/aromatic N) is 3. The molecule has 3 aliphatic heterocycles. The van der Waals surface area contributed by atoms with Crippen LogP contribution in [0.25, 0.3) is 0 Å². The normalized spacial score (nSPS) is 25.8. The number of piperazine rings is 1. The highest BCUT2D eigenvalue weighted by molar-refractivity contribution is 9.10. The molecule has 0 spiro atoms. The number of carbonyl (C=O) groups is 2. The first-order chi connectivity index (χ1) is 12.9. The Morgan fingerprint density at radius 2 is 2.15 bits per heavy atom. The zero-order valence-corrected chi connectivity index (χ0v) is 17.3. The SMILES string of the molecule is CC1CC(Cl)=CN=C1CN1CCN2C(=O)c3cc(Br)ccc3NC(=O)C2C1. The van der Waals surface area contributed by atoms with Gasteiger partial charge in [-0.15, -0.1) is 0 Å². The number of hydrogen-bond donors (Lipinski definition) is 1. The Hall–Kier alpha value is -1.70. The van der Waals surface area contributed by atoms with Gasteiger partial charge < -0.3 is 10.2 Å². The van der Waals surface area contributed by atoms with Crippen molar-refractivity contribution in [2.24, 2.45) is 10.9 Å². The number of fused-ring (bicyclic) bond motifs is 2. The summed E-state index contributed by atoms with van der Waals surface area (Å²) in [6, 6.07) is 4.85. The van der Waals surface area contributed by atoms with Gasteiger partial charge in [-0.1, -0.05) is 34.5 Å². The van der Waals surface area contributed by atoms with Crippen molar-refractivity contribution in [2.75, 3.05) is 31.5 Å². The summed E-state index contributed by atoms with van der Waals surface area (Å²) in [5.41, 5.74) is 2.17. The zero-order chi connectivity index (χ0) is 19.1. The summed E-state index contributed by atoms with van der Waals surface area (Å²) in [5, 5.41) is 3.68. The molecular formula is C19H20BrClN4O2. The standard InChI is InChI=1S/C19H20BrClN4O2/c1-11-6-13(21)8-22-16(11)9-24-4-5-25-17(10-24)18(26)23-15-3-2-12(20)7-14(15)19(25)27/h2-3,7-8,11,17H,4-6,9-10H2,1H3,(H,23,26). The third-order valence-corrected chi connectivity index (χ3v) is 6.07. The molecule has 6 nitrogen and oxygen atoms in total. The quantitative estimate of drug-likeness (QED) is 0.751. The number of halogens is 2. The lowest BCUT2D eigenvalue weighted by molar-refractivity contribution is -0.122. The number of nitrogens with one attached hydrogen (secondary N) is 1. The first-order valence-electron chi connectivity index (χ1n) is 8.97. The van der Waals surface area contributed by atoms with E-state index in [0.29, 0.717) is 37.4 Å². The van der Waals surface area contributed by atoms with Gasteiger partial charge in [-0.3, -0.25) is 19.5 Å². The Morgan fingerprint density at radius 3 is 2.93 bits per heavy atom. The summed E-state index contributed by atoms with van der Waals surface area (Å²) in [4.78, 5) is 34.2. The van der Waals surface area contributed by atoms with Crippen LogP contribution in [-0.4, -0.2) is 59.5 Å². The molecule has 8 heteroatoms. The molecule has 1 aromatic rings. The number of amides is 2. The maximum absolute atomic E-state index is 13.0. The minimum atomic E-state index is -0.504. The van der Waals surface area contributed by atoms with Gasteiger partial charge in [0.15, 0.2) is 0 Å². The van der Waals surface area contributed by atoms with Crippen LogP contribution in [-0.2, 0) is 4.79 Å². The zero-order valence-electron chi connectivity index (χ0n) is 14.9. The van der Waals surface area contributed by atoms with Gasteiger partial charge in [0.2, 0.25) is 5.91 Å². The maximum Gasteiger partial charge on any atom is 0.256 e. The average Bonchev–Trinajstić information content (AvgIpc) is 2.73. The summed E-state index contributed by atoms with van der Waals surface area (Å²) < 4.78 is 0.817. The molecule has 0 aromatic heterocycles. The number of hydrogen-bond acceptors (Lipinski definition) is 4. The van der Waals surface area contributed by atoms with Crippen molar-refractivity contribution in [3.63, 3.8) is 0 Å². The van der Waals surface area contributed by atoms with Crippen molar-refractivity contribution in [2.45, 2.75) is 19.4 Å². The highest BCUT2D eigenvalue weighted by atomic mass is 79.9. The predicted molar refractivity (Wildman–Crippen MR) is 109 cm³/mol. The molecule has 0 saturated carbocycles. The van der Waals surface area contributed by atoms with Gasteiger partial charge in [0.05, 0.1) is 11.3 Å². The molecule has 1 aromatic carbocycles. The fourth-order valence-corrected chi connectivity index (χ4v) is 4.43. The number of aliphatic imine (C=N–C) groups is 1. The van der Waals surface area contributed by atoms with Crippen LogP contribution in [0, 0.1) is 5.92 Å². The molecular weight excluding hydrogens is 432 g/mol. The van der Waals surface area contributed by atoms with E-state index in [4.69, 9.17) is 11.6 Å². The summed E-state index contributed by atoms with van der Waals surface area (Å²) >= 11 is 9.46. The number of rotatable bonds is 2. The van der Waals surface area contributed by atoms with Crippen LogP contribution in [0.1, 0.15) is 23.7 Å². The molecule has 142 valence electrons. The van der Waals surface area contributed by atoms with E-state index in [0.717, 1.165) is 21.6 Å². The minimum absolute atomic E-state index is 0.104. The van der Waals surface area contributed by atoms with Crippen molar-refractivity contribution in [1.29, 1.82) is 0 Å². The molecule has 1 fully saturated rings. The van der Waals surface area contributed by atoms with E-state index in [1.165, 1.54) is 0 Å². The molecule has 2 atom stereocenters. The summed E-state index contributed by atoms with van der Waals surface area (Å²) in [6.45, 7) is 4.52. The first kappa shape index (κ1) is 18.7. The molecule has 0 radical (unpaired) electrons. The first-order valence-corrected chi connectivity index (χ1v) is 10.1. The monoisotopic (exact) mass is 450 g/mol. The maximum atomic E-state index is 13.0. The van der Waals surface area contributed by atoms with Crippen LogP contribution >= 0.6 is 27.5 Å². The van der Waals surface area contributed by atoms with Crippen molar-refractivity contribution < 1.29 is 9.59 Å². The van der Waals surface area contributed by atoms with Gasteiger partial charge in [0.25, 0.3) is 5.91 Å². The van der Waals surface area contributed by atoms with Gasteiger partial charge >= 0.3 is 0 Å². The Kier molecular flexibility index (Phi) is 5.09. The van der Waals surface area contributed by atoms with Crippen molar-refractivity contribution >= 4 is 50.7 Å². The van der Waals surface area contributed by atoms with Crippen LogP contribution in [0.3, 0.4) is 0 Å². The van der Waals surface area contributed by atoms with E-state index >= 15 is 0 Å². The van der Waals surface area contributed by atoms with E-state index < -0.39 is 6.04 Å². The van der Waals surface area contributed by atoms with E-state index in [1.54, 1.807) is 23.2 Å². The van der Waals surface area contributed by atoms with Crippen LogP contribution in [0.15, 0.2) is 38.9 Å². The fraction of sp³-hybridized carbons (Fsp3) is 0.421. The third kappa shape index (κ3) is 3.68. The highest BCUT2D eigenvalue weighted by Gasteiger charge is 2.39. The van der Waals surface area contributed by atoms with Gasteiger partial charge in [-0.05, 0) is 24.6 Å². The predicted octanol–water partition coefficient (Wildman–Crippen LogP) is 3.09. The number of allylic oxidation sites excluding steroid dienone is 1. The lowest BCUT2D eigenvalue weighted by Gasteiger charge is -2.40. The second kappa shape index (κ2) is 7.37. The van der Waals surface area contributed by atoms with Crippen LogP contribution in [0.2, 0.25) is 0 Å². The van der Waals surface area contributed by atoms with E-state index in [2.05, 4.69) is 38.1 Å². The molecule has 4 rings (SSSR count). The lowest BCUT2D eigenvalue weighted by atomic mass is 9.98. The Morgan fingerprint density at radius 1 is 1.33 bits per heavy atom. The average molecular weight is 452 g/mol. The van der Waals surface area contributed by atoms with Gasteiger partial charge in [-0.25, -0.2) is 0 Å². The van der Waals surface area contributed by atoms with Crippen molar-refractivity contribution in [1.82, 2.24) is 9.80 Å². The topological polar surface area (TPSA) is 65.0 Å². The Balaban J connectivity index is 1.54. The molecule has 2 unspecified atom stereocenters. The molecule has 0 aliphatic carbocycles. The van der Waals surface area contributed by atoms with Crippen molar-refractivity contribution in [3.05, 3.63) is 39.5 Å². The Labute approximate surface area is 171 Å². The minimum Gasteiger partial charge on any atom is -0.324 e. The number of carbonyl (C=O) groups excluding carboxylic acids is 2. The van der Waals surface area contributed by atoms with Crippen LogP contribution < -0.4 is 5.32 Å². The molecule has 0 bridgehead atoms. The Bertz CT molecular complexity index is 869. The number of benzene rings is 1. The van der Waals surface area contributed by atoms with Gasteiger partial charge in [-0.2, -0.15) is 0 Å².